The Morgan fingerprint density at radius 3 is 2.95 bits per heavy atom. The predicted molar refractivity (Wildman–Crippen MR) is 87.0 cm³/mol. The predicted octanol–water partition coefficient (Wildman–Crippen LogP) is 2.42. The van der Waals surface area contributed by atoms with E-state index in [1.165, 1.54) is 11.3 Å². The second-order valence-corrected chi connectivity index (χ2v) is 8.68. The van der Waals surface area contributed by atoms with Crippen molar-refractivity contribution in [3.63, 3.8) is 0 Å². The van der Waals surface area contributed by atoms with Crippen molar-refractivity contribution < 1.29 is 8.42 Å². The molecule has 0 aliphatic heterocycles. The summed E-state index contributed by atoms with van der Waals surface area (Å²) in [6.07, 6.45) is 5.20. The van der Waals surface area contributed by atoms with Crippen molar-refractivity contribution in [1.29, 1.82) is 0 Å². The highest BCUT2D eigenvalue weighted by molar-refractivity contribution is 7.99. The van der Waals surface area contributed by atoms with Crippen LogP contribution in [0.15, 0.2) is 16.3 Å². The minimum atomic E-state index is -3.40. The molecule has 1 aromatic heterocycles. The van der Waals surface area contributed by atoms with Gasteiger partial charge in [-0.1, -0.05) is 13.3 Å². The maximum absolute atomic E-state index is 12.6. The first-order valence-corrected chi connectivity index (χ1v) is 10.6. The third kappa shape index (κ3) is 3.76. The summed E-state index contributed by atoms with van der Waals surface area (Å²) in [5, 5.41) is 5.44. The van der Waals surface area contributed by atoms with E-state index in [0.717, 1.165) is 30.7 Å². The maximum atomic E-state index is 12.6. The van der Waals surface area contributed by atoms with Gasteiger partial charge >= 0.3 is 0 Å². The molecule has 2 unspecified atom stereocenters. The van der Waals surface area contributed by atoms with Crippen LogP contribution in [0.25, 0.3) is 0 Å². The minimum Gasteiger partial charge on any atom is -0.312 e. The third-order valence-electron chi connectivity index (χ3n) is 3.59. The van der Waals surface area contributed by atoms with Crippen LogP contribution >= 0.6 is 23.1 Å². The molecular weight excluding hydrogens is 312 g/mol. The van der Waals surface area contributed by atoms with Crippen LogP contribution < -0.4 is 10.0 Å². The topological polar surface area (TPSA) is 58.2 Å². The number of hydrogen-bond donors (Lipinski definition) is 2. The quantitative estimate of drug-likeness (QED) is 0.804. The number of rotatable bonds is 7. The van der Waals surface area contributed by atoms with Gasteiger partial charge in [-0.05, 0) is 37.1 Å². The Morgan fingerprint density at radius 2 is 2.25 bits per heavy atom. The second kappa shape index (κ2) is 7.26. The molecule has 2 atom stereocenters. The fourth-order valence-corrected chi connectivity index (χ4v) is 6.29. The zero-order chi connectivity index (χ0) is 14.6. The van der Waals surface area contributed by atoms with Crippen molar-refractivity contribution in [2.75, 3.05) is 12.8 Å². The average Bonchev–Trinajstić information content (AvgIpc) is 3.04. The fraction of sp³-hybridized carbons (Fsp3) is 0.692. The van der Waals surface area contributed by atoms with Gasteiger partial charge < -0.3 is 5.32 Å². The summed E-state index contributed by atoms with van der Waals surface area (Å²) in [4.78, 5) is 1.33. The monoisotopic (exact) mass is 334 g/mol. The molecule has 1 aliphatic rings. The number of thiophene rings is 1. The Balaban J connectivity index is 2.12. The molecule has 1 saturated carbocycles. The molecule has 20 heavy (non-hydrogen) atoms. The Bertz CT molecular complexity index is 527. The van der Waals surface area contributed by atoms with E-state index in [2.05, 4.69) is 16.3 Å². The molecule has 1 heterocycles. The average molecular weight is 335 g/mol. The summed E-state index contributed by atoms with van der Waals surface area (Å²) in [6.45, 7) is 3.46. The van der Waals surface area contributed by atoms with Gasteiger partial charge in [-0.15, -0.1) is 11.3 Å². The smallest absolute Gasteiger partial charge is 0.242 e. The molecule has 0 radical (unpaired) electrons. The zero-order valence-corrected chi connectivity index (χ0v) is 14.3. The number of nitrogens with one attached hydrogen (secondary N) is 2. The van der Waals surface area contributed by atoms with E-state index in [4.69, 9.17) is 0 Å². The minimum absolute atomic E-state index is 0.0712. The molecular formula is C13H22N2O2S3. The van der Waals surface area contributed by atoms with Crippen molar-refractivity contribution in [2.45, 2.75) is 48.9 Å². The van der Waals surface area contributed by atoms with Gasteiger partial charge in [0.25, 0.3) is 0 Å². The maximum Gasteiger partial charge on any atom is 0.242 e. The van der Waals surface area contributed by atoms with Gasteiger partial charge in [-0.3, -0.25) is 0 Å². The number of sulfonamides is 1. The molecule has 2 rings (SSSR count). The van der Waals surface area contributed by atoms with E-state index in [-0.39, 0.29) is 6.04 Å². The SMILES string of the molecule is CCNCc1sccc1S(=O)(=O)NC1CCCC1SC. The van der Waals surface area contributed by atoms with E-state index in [1.807, 2.05) is 12.3 Å². The van der Waals surface area contributed by atoms with E-state index < -0.39 is 10.0 Å². The summed E-state index contributed by atoms with van der Waals surface area (Å²) in [7, 11) is -3.40. The Morgan fingerprint density at radius 1 is 1.45 bits per heavy atom. The van der Waals surface area contributed by atoms with Gasteiger partial charge in [0.1, 0.15) is 0 Å². The lowest BCUT2D eigenvalue weighted by Gasteiger charge is -2.19. The van der Waals surface area contributed by atoms with Gasteiger partial charge in [0.2, 0.25) is 10.0 Å². The first-order chi connectivity index (χ1) is 9.58. The molecule has 1 aliphatic carbocycles. The van der Waals surface area contributed by atoms with Gasteiger partial charge in [0, 0.05) is 22.7 Å². The molecule has 1 fully saturated rings. The van der Waals surface area contributed by atoms with Crippen molar-refractivity contribution >= 4 is 33.1 Å². The Labute approximate surface area is 129 Å². The van der Waals surface area contributed by atoms with Crippen LogP contribution in [0.1, 0.15) is 31.1 Å². The van der Waals surface area contributed by atoms with Gasteiger partial charge in [0.15, 0.2) is 0 Å². The van der Waals surface area contributed by atoms with Crippen LogP contribution in [0.3, 0.4) is 0 Å². The van der Waals surface area contributed by atoms with Crippen LogP contribution in [-0.2, 0) is 16.6 Å². The van der Waals surface area contributed by atoms with Crippen LogP contribution in [0, 0.1) is 0 Å². The zero-order valence-electron chi connectivity index (χ0n) is 11.9. The second-order valence-electron chi connectivity index (χ2n) is 4.92. The molecule has 1 aromatic rings. The number of thioether (sulfide) groups is 1. The largest absolute Gasteiger partial charge is 0.312 e. The highest BCUT2D eigenvalue weighted by Crippen LogP contribution is 2.30. The lowest BCUT2D eigenvalue weighted by molar-refractivity contribution is 0.554. The summed E-state index contributed by atoms with van der Waals surface area (Å²) >= 11 is 3.25. The molecule has 0 saturated heterocycles. The molecule has 2 N–H and O–H groups in total. The van der Waals surface area contributed by atoms with Crippen molar-refractivity contribution in [2.24, 2.45) is 0 Å². The Kier molecular flexibility index (Phi) is 5.92. The van der Waals surface area contributed by atoms with Gasteiger partial charge in [0.05, 0.1) is 4.90 Å². The number of hydrogen-bond acceptors (Lipinski definition) is 5. The van der Waals surface area contributed by atoms with E-state index in [0.29, 0.717) is 16.7 Å². The molecule has 0 spiro atoms. The lowest BCUT2D eigenvalue weighted by atomic mass is 10.3. The molecule has 0 aromatic carbocycles. The first kappa shape index (κ1) is 16.3. The van der Waals surface area contributed by atoms with Crippen molar-refractivity contribution in [1.82, 2.24) is 10.0 Å². The van der Waals surface area contributed by atoms with E-state index in [9.17, 15) is 8.42 Å². The first-order valence-electron chi connectivity index (χ1n) is 6.90. The lowest BCUT2D eigenvalue weighted by Crippen LogP contribution is -2.38. The highest BCUT2D eigenvalue weighted by atomic mass is 32.2. The van der Waals surface area contributed by atoms with E-state index >= 15 is 0 Å². The molecule has 7 heteroatoms. The van der Waals surface area contributed by atoms with Crippen LogP contribution in [0.4, 0.5) is 0 Å². The van der Waals surface area contributed by atoms with Gasteiger partial charge in [-0.25, -0.2) is 13.1 Å². The summed E-state index contributed by atoms with van der Waals surface area (Å²) in [5.41, 5.74) is 0. The molecule has 114 valence electrons. The summed E-state index contributed by atoms with van der Waals surface area (Å²) < 4.78 is 28.0. The molecule has 0 bridgehead atoms. The Hall–Kier alpha value is -0.0800. The molecule has 4 nitrogen and oxygen atoms in total. The summed E-state index contributed by atoms with van der Waals surface area (Å²) in [6, 6.07) is 1.78. The van der Waals surface area contributed by atoms with Crippen molar-refractivity contribution in [3.8, 4) is 0 Å². The standard InChI is InChI=1S/C13H22N2O2S3/c1-3-14-9-12-13(7-8-19-12)20(16,17)15-10-5-4-6-11(10)18-2/h7-8,10-11,14-15H,3-6,9H2,1-2H3. The van der Waals surface area contributed by atoms with Crippen LogP contribution in [0.2, 0.25) is 0 Å². The molecule has 0 amide bonds. The van der Waals surface area contributed by atoms with Crippen LogP contribution in [0.5, 0.6) is 0 Å². The highest BCUT2D eigenvalue weighted by Gasteiger charge is 2.31. The van der Waals surface area contributed by atoms with Crippen molar-refractivity contribution in [3.05, 3.63) is 16.3 Å². The van der Waals surface area contributed by atoms with E-state index in [1.54, 1.807) is 17.8 Å². The van der Waals surface area contributed by atoms with Crippen LogP contribution in [-0.4, -0.2) is 32.5 Å². The third-order valence-corrected chi connectivity index (χ3v) is 7.39. The van der Waals surface area contributed by atoms with Gasteiger partial charge in [-0.2, -0.15) is 11.8 Å². The normalized spacial score (nSPS) is 23.3. The fourth-order valence-electron chi connectivity index (χ4n) is 2.54. The summed E-state index contributed by atoms with van der Waals surface area (Å²) in [5.74, 6) is 0.